The van der Waals surface area contributed by atoms with Gasteiger partial charge in [0, 0.05) is 6.42 Å². The van der Waals surface area contributed by atoms with Crippen molar-refractivity contribution in [2.75, 3.05) is 0 Å². The predicted octanol–water partition coefficient (Wildman–Crippen LogP) is 8.02. The van der Waals surface area contributed by atoms with Gasteiger partial charge in [-0.3, -0.25) is 4.79 Å². The monoisotopic (exact) mass is 438 g/mol. The maximum absolute atomic E-state index is 14.1. The smallest absolute Gasteiger partial charge is 0.312 e. The third-order valence-corrected chi connectivity index (χ3v) is 11.6. The number of ether oxygens (including phenoxy) is 1. The Morgan fingerprint density at radius 3 is 2.56 bits per heavy atom. The number of allylic oxidation sites excluding steroid dienone is 2. The molecule has 178 valence electrons. The second kappa shape index (κ2) is 7.47. The molecule has 7 unspecified atom stereocenters. The minimum absolute atomic E-state index is 0.121. The van der Waals surface area contributed by atoms with Crippen LogP contribution in [0.4, 0.5) is 0 Å². The summed E-state index contributed by atoms with van der Waals surface area (Å²) in [7, 11) is 0. The Labute approximate surface area is 196 Å². The van der Waals surface area contributed by atoms with Gasteiger partial charge in [0.05, 0.1) is 5.41 Å². The third kappa shape index (κ3) is 3.13. The van der Waals surface area contributed by atoms with Crippen LogP contribution in [-0.4, -0.2) is 11.6 Å². The summed E-state index contributed by atoms with van der Waals surface area (Å²) in [6, 6.07) is 0. The molecule has 7 atom stereocenters. The quantitative estimate of drug-likeness (QED) is 0.329. The van der Waals surface area contributed by atoms with Crippen molar-refractivity contribution in [2.45, 2.75) is 117 Å². The minimum Gasteiger partial charge on any atom is -0.458 e. The summed E-state index contributed by atoms with van der Waals surface area (Å²) in [6.07, 6.45) is 16.5. The van der Waals surface area contributed by atoms with Crippen LogP contribution >= 0.6 is 0 Å². The van der Waals surface area contributed by atoms with Gasteiger partial charge in [-0.05, 0) is 113 Å². The van der Waals surface area contributed by atoms with E-state index < -0.39 is 0 Å². The number of fused-ring (bicyclic) bond motifs is 3. The molecule has 0 radical (unpaired) electrons. The molecule has 0 aliphatic heterocycles. The highest BCUT2D eigenvalue weighted by molar-refractivity contribution is 5.78. The number of rotatable bonds is 3. The number of carbonyl (C=O) groups excluding carboxylic acids is 1. The highest BCUT2D eigenvalue weighted by atomic mass is 16.6. The van der Waals surface area contributed by atoms with Crippen LogP contribution in [0.1, 0.15) is 112 Å². The van der Waals surface area contributed by atoms with Gasteiger partial charge >= 0.3 is 5.97 Å². The van der Waals surface area contributed by atoms with Crippen LogP contribution in [0, 0.1) is 39.9 Å². The van der Waals surface area contributed by atoms with E-state index in [1.165, 1.54) is 62.5 Å². The summed E-state index contributed by atoms with van der Waals surface area (Å²) < 4.78 is 6.64. The fraction of sp³-hybridized carbons (Fsp3) is 0.833. The normalized spacial score (nSPS) is 48.1. The van der Waals surface area contributed by atoms with Crippen LogP contribution in [0.3, 0.4) is 0 Å². The summed E-state index contributed by atoms with van der Waals surface area (Å²) in [5.41, 5.74) is 3.09. The van der Waals surface area contributed by atoms with Crippen molar-refractivity contribution in [1.29, 1.82) is 0 Å². The molecule has 1 spiro atoms. The third-order valence-electron chi connectivity index (χ3n) is 11.6. The van der Waals surface area contributed by atoms with Crippen molar-refractivity contribution < 1.29 is 9.53 Å². The second-order valence-electron chi connectivity index (χ2n) is 13.5. The lowest BCUT2D eigenvalue weighted by Gasteiger charge is -2.63. The van der Waals surface area contributed by atoms with E-state index in [2.05, 4.69) is 47.3 Å². The largest absolute Gasteiger partial charge is 0.458 e. The van der Waals surface area contributed by atoms with Crippen molar-refractivity contribution in [3.8, 4) is 0 Å². The lowest BCUT2D eigenvalue weighted by molar-refractivity contribution is -0.203. The fourth-order valence-electron chi connectivity index (χ4n) is 9.59. The van der Waals surface area contributed by atoms with Crippen molar-refractivity contribution in [3.63, 3.8) is 0 Å². The van der Waals surface area contributed by atoms with Gasteiger partial charge in [-0.25, -0.2) is 0 Å². The van der Waals surface area contributed by atoms with Crippen LogP contribution in [0.25, 0.3) is 0 Å². The summed E-state index contributed by atoms with van der Waals surface area (Å²) in [5, 5.41) is 0. The van der Waals surface area contributed by atoms with E-state index in [9.17, 15) is 4.79 Å². The molecule has 0 heterocycles. The molecule has 0 N–H and O–H groups in total. The molecule has 2 heteroatoms. The minimum atomic E-state index is -0.334. The van der Waals surface area contributed by atoms with Crippen molar-refractivity contribution in [3.05, 3.63) is 23.8 Å². The molecular formula is C30H46O2. The molecule has 0 aromatic carbocycles. The van der Waals surface area contributed by atoms with Crippen LogP contribution < -0.4 is 0 Å². The van der Waals surface area contributed by atoms with Crippen LogP contribution in [0.2, 0.25) is 0 Å². The number of hydrogen-bond acceptors (Lipinski definition) is 2. The standard InChI is InChI=1S/C30H46O2/c1-20(2)30(16-10-21(3)11-17-30)32-26(31)28(6)14-7-13-27(5)24(28)12-15-29-18-22(4)23(19-29)8-9-25(27)29/h10,20,23-25H,4,7-9,11-19H2,1-3,5-6H3. The molecule has 0 aromatic rings. The van der Waals surface area contributed by atoms with Crippen LogP contribution in [0.15, 0.2) is 23.8 Å². The molecule has 5 rings (SSSR count). The van der Waals surface area contributed by atoms with Crippen molar-refractivity contribution in [1.82, 2.24) is 0 Å². The highest BCUT2D eigenvalue weighted by Crippen LogP contribution is 2.72. The van der Waals surface area contributed by atoms with E-state index >= 15 is 0 Å². The zero-order valence-corrected chi connectivity index (χ0v) is 21.4. The van der Waals surface area contributed by atoms with E-state index in [1.807, 2.05) is 0 Å². The van der Waals surface area contributed by atoms with Gasteiger partial charge in [-0.2, -0.15) is 0 Å². The molecule has 2 nitrogen and oxygen atoms in total. The Kier molecular flexibility index (Phi) is 5.31. The Morgan fingerprint density at radius 2 is 1.88 bits per heavy atom. The average Bonchev–Trinajstić information content (AvgIpc) is 2.97. The Balaban J connectivity index is 1.43. The number of esters is 1. The molecule has 4 fully saturated rings. The summed E-state index contributed by atoms with van der Waals surface area (Å²) >= 11 is 0. The average molecular weight is 439 g/mol. The van der Waals surface area contributed by atoms with Gasteiger partial charge in [0.25, 0.3) is 0 Å². The van der Waals surface area contributed by atoms with Gasteiger partial charge in [-0.1, -0.05) is 51.0 Å². The zero-order valence-electron chi connectivity index (χ0n) is 21.4. The maximum atomic E-state index is 14.1. The first-order valence-corrected chi connectivity index (χ1v) is 13.6. The second-order valence-corrected chi connectivity index (χ2v) is 13.5. The molecule has 2 bridgehead atoms. The van der Waals surface area contributed by atoms with E-state index in [0.717, 1.165) is 37.5 Å². The van der Waals surface area contributed by atoms with Gasteiger partial charge in [0.15, 0.2) is 0 Å². The predicted molar refractivity (Wildman–Crippen MR) is 131 cm³/mol. The summed E-state index contributed by atoms with van der Waals surface area (Å²) in [6.45, 7) is 16.0. The highest BCUT2D eigenvalue weighted by Gasteiger charge is 2.65. The Morgan fingerprint density at radius 1 is 1.09 bits per heavy atom. The lowest BCUT2D eigenvalue weighted by atomic mass is 9.41. The van der Waals surface area contributed by atoms with Crippen molar-refractivity contribution >= 4 is 5.97 Å². The van der Waals surface area contributed by atoms with Crippen molar-refractivity contribution in [2.24, 2.45) is 39.9 Å². The molecule has 5 aliphatic carbocycles. The van der Waals surface area contributed by atoms with Gasteiger partial charge < -0.3 is 4.74 Å². The van der Waals surface area contributed by atoms with E-state index in [4.69, 9.17) is 4.74 Å². The molecule has 0 amide bonds. The van der Waals surface area contributed by atoms with Crippen LogP contribution in [0.5, 0.6) is 0 Å². The number of hydrogen-bond donors (Lipinski definition) is 0. The first kappa shape index (κ1) is 22.7. The zero-order chi connectivity index (χ0) is 22.9. The first-order chi connectivity index (χ1) is 15.0. The first-order valence-electron chi connectivity index (χ1n) is 13.6. The lowest BCUT2D eigenvalue weighted by Crippen LogP contribution is -2.59. The molecule has 0 saturated heterocycles. The maximum Gasteiger partial charge on any atom is 0.312 e. The van der Waals surface area contributed by atoms with Gasteiger partial charge in [0.1, 0.15) is 5.60 Å². The van der Waals surface area contributed by atoms with Gasteiger partial charge in [-0.15, -0.1) is 0 Å². The van der Waals surface area contributed by atoms with E-state index in [-0.39, 0.29) is 22.4 Å². The molecule has 0 aromatic heterocycles. The molecule has 5 aliphatic rings. The Bertz CT molecular complexity index is 838. The van der Waals surface area contributed by atoms with E-state index in [0.29, 0.717) is 17.3 Å². The summed E-state index contributed by atoms with van der Waals surface area (Å²) in [4.78, 5) is 14.1. The van der Waals surface area contributed by atoms with Gasteiger partial charge in [0.2, 0.25) is 0 Å². The van der Waals surface area contributed by atoms with Crippen LogP contribution in [-0.2, 0) is 9.53 Å². The van der Waals surface area contributed by atoms with E-state index in [1.54, 1.807) is 0 Å². The summed E-state index contributed by atoms with van der Waals surface area (Å²) in [5.74, 6) is 2.47. The molecule has 4 saturated carbocycles. The topological polar surface area (TPSA) is 26.3 Å². The number of carbonyl (C=O) groups is 1. The fourth-order valence-corrected chi connectivity index (χ4v) is 9.59. The molecule has 32 heavy (non-hydrogen) atoms. The molecular weight excluding hydrogens is 392 g/mol. The Hall–Kier alpha value is -1.05. The SMILES string of the molecule is C=C1CC23CCC4C(C)(C(=O)OC5(C(C)C)CC=C(C)CC5)CCCC4(C)C2CCC1C3.